The van der Waals surface area contributed by atoms with Gasteiger partial charge in [0.2, 0.25) is 30.0 Å². The second-order valence-corrected chi connectivity index (χ2v) is 12.2. The van der Waals surface area contributed by atoms with E-state index in [-0.39, 0.29) is 53.7 Å². The molecule has 3 aromatic carbocycles. The Hall–Kier alpha value is -5.26. The van der Waals surface area contributed by atoms with E-state index in [1.807, 2.05) is 0 Å². The molecule has 12 heteroatoms. The second-order valence-electron chi connectivity index (χ2n) is 12.2. The van der Waals surface area contributed by atoms with E-state index in [9.17, 15) is 9.59 Å². The van der Waals surface area contributed by atoms with Crippen LogP contribution in [0.1, 0.15) is 54.1 Å². The van der Waals surface area contributed by atoms with Crippen molar-refractivity contribution in [3.05, 3.63) is 77.4 Å². The summed E-state index contributed by atoms with van der Waals surface area (Å²) in [6.07, 6.45) is 0.436. The monoisotopic (exact) mass is 658 g/mol. The summed E-state index contributed by atoms with van der Waals surface area (Å²) >= 11 is 0. The minimum absolute atomic E-state index is 0.0103. The Morgan fingerprint density at radius 2 is 1.69 bits per heavy atom. The van der Waals surface area contributed by atoms with Gasteiger partial charge in [0.05, 0.1) is 27.2 Å². The number of Topliss-reactive ketones (excluding diaryl/α,β-unsaturated/α-hetero) is 1. The third kappa shape index (κ3) is 5.34. The topological polar surface area (TPSA) is 139 Å². The lowest BCUT2D eigenvalue weighted by Gasteiger charge is -2.41. The van der Waals surface area contributed by atoms with Gasteiger partial charge in [-0.1, -0.05) is 56.3 Å². The summed E-state index contributed by atoms with van der Waals surface area (Å²) in [5.41, 5.74) is -1.40. The first-order chi connectivity index (χ1) is 23.2. The molecule has 0 bridgehead atoms. The minimum atomic E-state index is -2.10. The molecule has 1 N–H and O–H groups in total. The molecule has 0 saturated carbocycles. The summed E-state index contributed by atoms with van der Waals surface area (Å²) in [6, 6.07) is 16.9. The number of likely N-dealkylation sites (tertiary alicyclic amines) is 1. The zero-order valence-corrected chi connectivity index (χ0v) is 27.4. The largest absolute Gasteiger partial charge is 0.497 e. The van der Waals surface area contributed by atoms with Gasteiger partial charge < -0.3 is 38.6 Å². The Morgan fingerprint density at radius 1 is 0.958 bits per heavy atom. The Kier molecular flexibility index (Phi) is 8.91. The van der Waals surface area contributed by atoms with Crippen LogP contribution in [0, 0.1) is 11.8 Å². The van der Waals surface area contributed by atoms with Crippen LogP contribution in [0.25, 0.3) is 0 Å². The SMILES string of the molecule is COC(=O)C1(c2ccc(OC)cc2)Oc2cc3c(c(OC)c2C(=O)[C@@H](C(=O)N2CCC[C@H]2NC(=O)C(C)C)[C@@H]1c1ccccc1)OCO3. The number of nitrogens with one attached hydrogen (secondary N) is 1. The predicted molar refractivity (Wildman–Crippen MR) is 171 cm³/mol. The van der Waals surface area contributed by atoms with Crippen LogP contribution < -0.4 is 29.0 Å². The van der Waals surface area contributed by atoms with Gasteiger partial charge in [0.1, 0.15) is 29.1 Å². The number of rotatable bonds is 8. The van der Waals surface area contributed by atoms with Crippen molar-refractivity contribution in [1.29, 1.82) is 0 Å². The molecule has 1 fully saturated rings. The van der Waals surface area contributed by atoms with Crippen LogP contribution in [-0.4, -0.2) is 69.3 Å². The third-order valence-electron chi connectivity index (χ3n) is 9.16. The molecule has 1 unspecified atom stereocenters. The van der Waals surface area contributed by atoms with Crippen molar-refractivity contribution >= 4 is 23.6 Å². The smallest absolute Gasteiger partial charge is 0.355 e. The molecule has 0 spiro atoms. The first-order valence-electron chi connectivity index (χ1n) is 15.8. The summed E-state index contributed by atoms with van der Waals surface area (Å²) in [5.74, 6) is -4.57. The second kappa shape index (κ2) is 13.1. The highest BCUT2D eigenvalue weighted by atomic mass is 16.7. The zero-order chi connectivity index (χ0) is 34.2. The van der Waals surface area contributed by atoms with E-state index < -0.39 is 41.3 Å². The summed E-state index contributed by atoms with van der Waals surface area (Å²) in [6.45, 7) is 3.68. The molecule has 4 atom stereocenters. The van der Waals surface area contributed by atoms with Gasteiger partial charge in [0, 0.05) is 24.1 Å². The first kappa shape index (κ1) is 32.7. The molecule has 3 heterocycles. The lowest BCUT2D eigenvalue weighted by Crippen LogP contribution is -2.56. The van der Waals surface area contributed by atoms with E-state index >= 15 is 9.59 Å². The predicted octanol–water partition coefficient (Wildman–Crippen LogP) is 4.20. The van der Waals surface area contributed by atoms with Gasteiger partial charge in [0.15, 0.2) is 17.3 Å². The van der Waals surface area contributed by atoms with Crippen molar-refractivity contribution in [2.75, 3.05) is 34.7 Å². The van der Waals surface area contributed by atoms with Gasteiger partial charge in [-0.05, 0) is 30.5 Å². The standard InChI is InChI=1S/C36H38N2O10/c1-20(2)33(40)37-26-12-9-17-38(26)34(41)28-29(21-10-7-6-8-11-21)36(35(42)45-5,22-13-15-23(43-3)16-14-22)48-24-18-25-31(47-19-46-25)32(44-4)27(24)30(28)39/h6-8,10-11,13-16,18,20,26,28-29H,9,12,17,19H2,1-5H3,(H,37,40)/t26-,28-,29-,36?/m0/s1. The van der Waals surface area contributed by atoms with E-state index in [2.05, 4.69) is 5.32 Å². The molecule has 12 nitrogen and oxygen atoms in total. The van der Waals surface area contributed by atoms with Gasteiger partial charge in [-0.25, -0.2) is 4.79 Å². The summed E-state index contributed by atoms with van der Waals surface area (Å²) < 4.78 is 34.8. The number of carbonyl (C=O) groups is 4. The molecule has 3 aliphatic heterocycles. The number of esters is 1. The van der Waals surface area contributed by atoms with Crippen molar-refractivity contribution in [3.63, 3.8) is 0 Å². The van der Waals surface area contributed by atoms with E-state index in [1.165, 1.54) is 32.3 Å². The van der Waals surface area contributed by atoms with Crippen molar-refractivity contribution in [3.8, 4) is 28.7 Å². The van der Waals surface area contributed by atoms with Gasteiger partial charge >= 0.3 is 5.97 Å². The molecular weight excluding hydrogens is 620 g/mol. The summed E-state index contributed by atoms with van der Waals surface area (Å²) in [7, 11) is 4.11. The molecule has 1 saturated heterocycles. The maximum Gasteiger partial charge on any atom is 0.355 e. The van der Waals surface area contributed by atoms with Crippen molar-refractivity contribution < 1.29 is 47.6 Å². The van der Waals surface area contributed by atoms with Crippen LogP contribution in [0.2, 0.25) is 0 Å². The molecular formula is C36H38N2O10. The molecule has 2 amide bonds. The van der Waals surface area contributed by atoms with Crippen LogP contribution in [0.4, 0.5) is 0 Å². The van der Waals surface area contributed by atoms with Crippen LogP contribution in [0.3, 0.4) is 0 Å². The van der Waals surface area contributed by atoms with E-state index in [0.29, 0.717) is 29.7 Å². The normalized spacial score (nSPS) is 22.8. The fourth-order valence-corrected chi connectivity index (χ4v) is 6.82. The molecule has 0 radical (unpaired) electrons. The number of ether oxygens (including phenoxy) is 6. The number of benzene rings is 3. The highest BCUT2D eigenvalue weighted by Crippen LogP contribution is 2.56. The fraction of sp³-hybridized carbons (Fsp3) is 0.389. The molecule has 6 rings (SSSR count). The molecule has 0 aliphatic carbocycles. The molecule has 252 valence electrons. The highest BCUT2D eigenvalue weighted by Gasteiger charge is 2.62. The lowest BCUT2D eigenvalue weighted by molar-refractivity contribution is -0.165. The van der Waals surface area contributed by atoms with E-state index in [4.69, 9.17) is 28.4 Å². The quantitative estimate of drug-likeness (QED) is 0.277. The number of hydrogen-bond donors (Lipinski definition) is 1. The molecule has 3 aliphatic rings. The van der Waals surface area contributed by atoms with Gasteiger partial charge in [-0.15, -0.1) is 0 Å². The minimum Gasteiger partial charge on any atom is -0.497 e. The number of methoxy groups -OCH3 is 3. The highest BCUT2D eigenvalue weighted by molar-refractivity contribution is 6.15. The zero-order valence-electron chi connectivity index (χ0n) is 27.4. The summed E-state index contributed by atoms with van der Waals surface area (Å²) in [4.78, 5) is 59.2. The fourth-order valence-electron chi connectivity index (χ4n) is 6.82. The number of carbonyl (C=O) groups excluding carboxylic acids is 4. The van der Waals surface area contributed by atoms with Crippen LogP contribution >= 0.6 is 0 Å². The third-order valence-corrected chi connectivity index (χ3v) is 9.16. The van der Waals surface area contributed by atoms with Crippen LogP contribution in [0.5, 0.6) is 28.7 Å². The number of hydrogen-bond acceptors (Lipinski definition) is 10. The molecule has 3 aromatic rings. The molecule has 48 heavy (non-hydrogen) atoms. The summed E-state index contributed by atoms with van der Waals surface area (Å²) in [5, 5.41) is 2.97. The maximum absolute atomic E-state index is 15.2. The Morgan fingerprint density at radius 3 is 2.33 bits per heavy atom. The van der Waals surface area contributed by atoms with E-state index in [1.54, 1.807) is 68.4 Å². The Labute approximate surface area is 278 Å². The lowest BCUT2D eigenvalue weighted by atomic mass is 9.68. The van der Waals surface area contributed by atoms with E-state index in [0.717, 1.165) is 0 Å². The maximum atomic E-state index is 15.2. The van der Waals surface area contributed by atoms with Crippen LogP contribution in [-0.2, 0) is 24.7 Å². The number of nitrogens with zero attached hydrogens (tertiary/aromatic N) is 1. The van der Waals surface area contributed by atoms with Gasteiger partial charge in [0.25, 0.3) is 0 Å². The van der Waals surface area contributed by atoms with Crippen molar-refractivity contribution in [1.82, 2.24) is 10.2 Å². The first-order valence-corrected chi connectivity index (χ1v) is 15.8. The number of fused-ring (bicyclic) bond motifs is 2. The molecule has 0 aromatic heterocycles. The Bertz CT molecular complexity index is 1720. The number of ketones is 1. The van der Waals surface area contributed by atoms with Gasteiger partial charge in [-0.2, -0.15) is 0 Å². The Balaban J connectivity index is 1.66. The average molecular weight is 659 g/mol. The van der Waals surface area contributed by atoms with Crippen LogP contribution in [0.15, 0.2) is 60.7 Å². The number of amides is 2. The average Bonchev–Trinajstić information content (AvgIpc) is 3.76. The van der Waals surface area contributed by atoms with Crippen molar-refractivity contribution in [2.45, 2.75) is 44.4 Å². The van der Waals surface area contributed by atoms with Crippen molar-refractivity contribution in [2.24, 2.45) is 11.8 Å². The van der Waals surface area contributed by atoms with Gasteiger partial charge in [-0.3, -0.25) is 14.4 Å².